The Morgan fingerprint density at radius 3 is 1.01 bits per heavy atom. The standard InChI is InChI=1S/C24H26N.2C22H22N.C21H20N/c1-15(2)18-10-11-25(5)23(14-18)21-9-7-19-13-20-12-16(3)6-8-22(20)24(19)17(21)4;1-14-5-8-20-18(11-14)12-17-7-9-19(16(3)22(17)20)21-10-6-15(2)13-23(21)4;1-14-5-7-20-18(11-14)13-17-6-8-19(16(3)22(17)20)21-12-15(2)9-10-23(21)4;1-14-7-9-19-17(12-14)13-16-8-10-18(15(2)21(16)19)20-6-4-5-11-22(20)3/h6-12,14-15H,13H2,1-5H3;5-11,13H,12H2,1-4H3;5-12H,13H2,1-4H3;4-12H,13H2,1-3H3/q4*+1/i15D;2D3;;. The summed E-state index contributed by atoms with van der Waals surface area (Å²) >= 11 is 0. The third-order valence-electron chi connectivity index (χ3n) is 20.2. The van der Waals surface area contributed by atoms with Gasteiger partial charge < -0.3 is 0 Å². The van der Waals surface area contributed by atoms with Gasteiger partial charge in [-0.05, 0) is 260 Å². The van der Waals surface area contributed by atoms with Gasteiger partial charge in [0.05, 0.1) is 0 Å². The van der Waals surface area contributed by atoms with Crippen molar-refractivity contribution in [3.8, 4) is 89.5 Å². The van der Waals surface area contributed by atoms with E-state index in [1.165, 1.54) is 173 Å². The first-order valence-electron chi connectivity index (χ1n) is 35.0. The number of aryl methyl sites for hydroxylation is 10. The third kappa shape index (κ3) is 11.8. The molecule has 4 aliphatic rings. The summed E-state index contributed by atoms with van der Waals surface area (Å²) in [5.74, 6) is -0.599. The molecule has 0 fully saturated rings. The molecule has 4 aliphatic carbocycles. The number of pyridine rings is 4. The molecule has 0 radical (unpaired) electrons. The Labute approximate surface area is 559 Å². The Morgan fingerprint density at radius 1 is 0.301 bits per heavy atom. The summed E-state index contributed by atoms with van der Waals surface area (Å²) in [5.41, 5.74) is 45.8. The van der Waals surface area contributed by atoms with E-state index in [1.54, 1.807) is 12.3 Å². The second-order valence-corrected chi connectivity index (χ2v) is 27.2. The summed E-state index contributed by atoms with van der Waals surface area (Å²) in [6.07, 6.45) is 12.2. The Bertz CT molecular complexity index is 5170. The summed E-state index contributed by atoms with van der Waals surface area (Å²) in [6, 6.07) is 64.0. The first kappa shape index (κ1) is 57.3. The lowest BCUT2D eigenvalue weighted by atomic mass is 9.92. The SMILES string of the molecule is Cc1ccc2c(c1)Cc1ccc(-c3cc(C)cc[n+]3C)c(C)c1-2.Cc1ccc2c(c1)Cc1ccc(-c3cccc[n+]3C)c(C)c1-2.[2H]C(C)(C)c1cc[n+](C)c(-c2ccc3c(c2C)-c2ccc(C)cc2C3)c1.[2H]C([2H])([2H])c1ccc(-c2ccc3c(c2C)-c2ccc(C)cc2C3)[n+](C)c1. The molecule has 0 N–H and O–H groups in total. The fourth-order valence-corrected chi connectivity index (χ4v) is 15.3. The highest BCUT2D eigenvalue weighted by atomic mass is 14.9. The topological polar surface area (TPSA) is 15.5 Å². The zero-order valence-electron chi connectivity index (χ0n) is 61.2. The minimum Gasteiger partial charge on any atom is -0.201 e. The molecule has 0 atom stereocenters. The molecule has 0 saturated carbocycles. The zero-order valence-corrected chi connectivity index (χ0v) is 57.2. The molecule has 4 nitrogen and oxygen atoms in total. The summed E-state index contributed by atoms with van der Waals surface area (Å²) in [5, 5.41) is 0. The number of nitrogens with zero attached hydrogens (tertiary/aromatic N) is 4. The minimum absolute atomic E-state index is 0.364. The molecule has 0 amide bonds. The molecule has 8 aromatic carbocycles. The molecule has 0 unspecified atom stereocenters. The first-order chi connectivity index (χ1) is 46.2. The molecule has 0 aliphatic heterocycles. The lowest BCUT2D eigenvalue weighted by Crippen LogP contribution is -2.31. The van der Waals surface area contributed by atoms with E-state index < -0.39 is 12.7 Å². The fourth-order valence-electron chi connectivity index (χ4n) is 15.3. The van der Waals surface area contributed by atoms with E-state index in [1.807, 2.05) is 31.5 Å². The van der Waals surface area contributed by atoms with Crippen LogP contribution in [0.15, 0.2) is 201 Å². The molecular weight excluding hydrogens is 1130 g/mol. The maximum Gasteiger partial charge on any atom is 0.212 e. The predicted octanol–water partition coefficient (Wildman–Crippen LogP) is 19.2. The van der Waals surface area contributed by atoms with Gasteiger partial charge in [-0.1, -0.05) is 133 Å². The van der Waals surface area contributed by atoms with Crippen molar-refractivity contribution in [2.75, 3.05) is 0 Å². The van der Waals surface area contributed by atoms with E-state index in [0.29, 0.717) is 5.56 Å². The van der Waals surface area contributed by atoms with Crippen molar-refractivity contribution in [2.45, 2.75) is 115 Å². The molecule has 4 aromatic heterocycles. The Hall–Kier alpha value is -9.64. The predicted molar refractivity (Wildman–Crippen MR) is 387 cm³/mol. The van der Waals surface area contributed by atoms with E-state index in [2.05, 4.69) is 280 Å². The van der Waals surface area contributed by atoms with Crippen molar-refractivity contribution < 1.29 is 23.8 Å². The van der Waals surface area contributed by atoms with Crippen molar-refractivity contribution in [2.24, 2.45) is 28.2 Å². The number of hydrogen-bond donors (Lipinski definition) is 0. The number of rotatable bonds is 5. The Kier molecular flexibility index (Phi) is 15.5. The summed E-state index contributed by atoms with van der Waals surface area (Å²) in [6.45, 7) is 21.5. The average Bonchev–Trinajstić information content (AvgIpc) is 1.68. The monoisotopic (exact) mass is 1220 g/mol. The van der Waals surface area contributed by atoms with Gasteiger partial charge >= 0.3 is 0 Å². The van der Waals surface area contributed by atoms with Crippen molar-refractivity contribution in [3.05, 3.63) is 306 Å². The van der Waals surface area contributed by atoms with Gasteiger partial charge in [0.15, 0.2) is 24.8 Å². The molecular formula is C89H90N4+4. The van der Waals surface area contributed by atoms with E-state index in [-0.39, 0.29) is 0 Å². The number of benzene rings is 8. The number of hydrogen-bond acceptors (Lipinski definition) is 0. The molecule has 12 aromatic rings. The first-order valence-corrected chi connectivity index (χ1v) is 33.0. The van der Waals surface area contributed by atoms with Crippen LogP contribution in [0.5, 0.6) is 0 Å². The second-order valence-electron chi connectivity index (χ2n) is 27.2. The van der Waals surface area contributed by atoms with Gasteiger partial charge in [-0.3, -0.25) is 0 Å². The highest BCUT2D eigenvalue weighted by Crippen LogP contribution is 2.46. The zero-order chi connectivity index (χ0) is 68.7. The lowest BCUT2D eigenvalue weighted by Gasteiger charge is -2.12. The number of aromatic nitrogens is 4. The van der Waals surface area contributed by atoms with Gasteiger partial charge in [0, 0.05) is 75.8 Å². The van der Waals surface area contributed by atoms with Crippen LogP contribution in [0, 0.1) is 69.2 Å². The van der Waals surface area contributed by atoms with E-state index in [4.69, 9.17) is 5.48 Å². The smallest absolute Gasteiger partial charge is 0.201 e. The molecule has 0 spiro atoms. The van der Waals surface area contributed by atoms with Crippen LogP contribution in [0.2, 0.25) is 0 Å². The molecule has 93 heavy (non-hydrogen) atoms. The van der Waals surface area contributed by atoms with Crippen LogP contribution in [0.1, 0.15) is 131 Å². The van der Waals surface area contributed by atoms with Gasteiger partial charge in [-0.15, -0.1) is 0 Å². The van der Waals surface area contributed by atoms with Crippen LogP contribution in [0.4, 0.5) is 0 Å². The van der Waals surface area contributed by atoms with Gasteiger partial charge in [-0.2, -0.15) is 0 Å². The van der Waals surface area contributed by atoms with Gasteiger partial charge in [0.2, 0.25) is 22.8 Å². The van der Waals surface area contributed by atoms with Crippen LogP contribution < -0.4 is 18.3 Å². The summed E-state index contributed by atoms with van der Waals surface area (Å²) in [4.78, 5) is 0. The van der Waals surface area contributed by atoms with Crippen LogP contribution in [0.3, 0.4) is 0 Å². The third-order valence-corrected chi connectivity index (χ3v) is 20.2. The van der Waals surface area contributed by atoms with Gasteiger partial charge in [0.1, 0.15) is 28.2 Å². The van der Waals surface area contributed by atoms with Crippen molar-refractivity contribution in [1.29, 1.82) is 0 Å². The summed E-state index contributed by atoms with van der Waals surface area (Å²) in [7, 11) is 8.23. The highest BCUT2D eigenvalue weighted by molar-refractivity contribution is 5.88. The second kappa shape index (κ2) is 25.1. The van der Waals surface area contributed by atoms with Crippen LogP contribution >= 0.6 is 0 Å². The van der Waals surface area contributed by atoms with Gasteiger partial charge in [-0.25, -0.2) is 18.3 Å². The minimum atomic E-state index is -2.08. The maximum absolute atomic E-state index is 8.39. The quantitative estimate of drug-likeness (QED) is 0.153. The Morgan fingerprint density at radius 2 is 0.634 bits per heavy atom. The van der Waals surface area contributed by atoms with Crippen LogP contribution in [0.25, 0.3) is 89.5 Å². The van der Waals surface area contributed by atoms with E-state index in [9.17, 15) is 0 Å². The van der Waals surface area contributed by atoms with Crippen molar-refractivity contribution in [3.63, 3.8) is 0 Å². The molecule has 0 saturated heterocycles. The van der Waals surface area contributed by atoms with Crippen molar-refractivity contribution in [1.82, 2.24) is 0 Å². The fraction of sp³-hybridized carbons (Fsp3) is 0.236. The normalized spacial score (nSPS) is 13.1. The van der Waals surface area contributed by atoms with Gasteiger partial charge in [0.25, 0.3) is 0 Å². The van der Waals surface area contributed by atoms with Crippen LogP contribution in [-0.4, -0.2) is 0 Å². The average molecular weight is 1220 g/mol. The van der Waals surface area contributed by atoms with E-state index in [0.717, 1.165) is 42.5 Å². The van der Waals surface area contributed by atoms with Crippen LogP contribution in [-0.2, 0) is 53.9 Å². The van der Waals surface area contributed by atoms with Crippen molar-refractivity contribution >= 4 is 0 Å². The summed E-state index contributed by atoms with van der Waals surface area (Å²) < 4.78 is 39.7. The Balaban J connectivity index is 0.000000117. The maximum atomic E-state index is 8.39. The highest BCUT2D eigenvalue weighted by Gasteiger charge is 2.29. The molecule has 462 valence electrons. The van der Waals surface area contributed by atoms with E-state index >= 15 is 0 Å². The largest absolute Gasteiger partial charge is 0.212 e. The molecule has 4 heterocycles. The molecule has 0 bridgehead atoms. The lowest BCUT2D eigenvalue weighted by molar-refractivity contribution is -0.660. The molecule has 4 heteroatoms. The number of fused-ring (bicyclic) bond motifs is 12. The molecule has 16 rings (SSSR count).